The fourth-order valence-corrected chi connectivity index (χ4v) is 2.21. The molecule has 2 aromatic rings. The molecule has 0 spiro atoms. The van der Waals surface area contributed by atoms with Gasteiger partial charge in [-0.3, -0.25) is 0 Å². The second kappa shape index (κ2) is 4.85. The lowest BCUT2D eigenvalue weighted by molar-refractivity contribution is 0.392. The van der Waals surface area contributed by atoms with Crippen LogP contribution in [0.1, 0.15) is 16.8 Å². The third-order valence-electron chi connectivity index (χ3n) is 3.12. The highest BCUT2D eigenvalue weighted by Gasteiger charge is 2.19. The number of nitrogens with one attached hydrogen (secondary N) is 2. The summed E-state index contributed by atoms with van der Waals surface area (Å²) in [5.41, 5.74) is 4.23. The first-order chi connectivity index (χ1) is 9.26. The number of aryl methyl sites for hydroxylation is 1. The van der Waals surface area contributed by atoms with Crippen molar-refractivity contribution in [1.82, 2.24) is 15.3 Å². The summed E-state index contributed by atoms with van der Waals surface area (Å²) >= 11 is 0. The lowest BCUT2D eigenvalue weighted by Crippen LogP contribution is -2.04. The summed E-state index contributed by atoms with van der Waals surface area (Å²) in [6.45, 7) is 3.58. The Kier molecular flexibility index (Phi) is 3.05. The van der Waals surface area contributed by atoms with Crippen LogP contribution in [0.2, 0.25) is 0 Å². The van der Waals surface area contributed by atoms with Gasteiger partial charge in [-0.05, 0) is 24.6 Å². The standard InChI is InChI=1S/C14H16N4O/c1-9-4-3-5-10(6-9)16-14-17-12-8-15-7-11(12)13(18-14)19-2/h3-6,15H,7-8H2,1-2H3,(H,16,17,18). The number of hydrogen-bond donors (Lipinski definition) is 2. The summed E-state index contributed by atoms with van der Waals surface area (Å²) < 4.78 is 5.33. The summed E-state index contributed by atoms with van der Waals surface area (Å²) in [7, 11) is 1.64. The average molecular weight is 256 g/mol. The van der Waals surface area contributed by atoms with Crippen LogP contribution in [0.3, 0.4) is 0 Å². The van der Waals surface area contributed by atoms with Gasteiger partial charge in [0.2, 0.25) is 11.8 Å². The van der Waals surface area contributed by atoms with E-state index in [1.54, 1.807) is 7.11 Å². The van der Waals surface area contributed by atoms with E-state index < -0.39 is 0 Å². The molecule has 0 bridgehead atoms. The van der Waals surface area contributed by atoms with Crippen LogP contribution in [0.15, 0.2) is 24.3 Å². The fraction of sp³-hybridized carbons (Fsp3) is 0.286. The van der Waals surface area contributed by atoms with Crippen LogP contribution in [-0.4, -0.2) is 17.1 Å². The monoisotopic (exact) mass is 256 g/mol. The maximum Gasteiger partial charge on any atom is 0.230 e. The quantitative estimate of drug-likeness (QED) is 0.881. The Balaban J connectivity index is 1.93. The Morgan fingerprint density at radius 2 is 2.16 bits per heavy atom. The second-order valence-electron chi connectivity index (χ2n) is 4.58. The van der Waals surface area contributed by atoms with E-state index in [1.165, 1.54) is 5.56 Å². The van der Waals surface area contributed by atoms with E-state index in [2.05, 4.69) is 39.7 Å². The summed E-state index contributed by atoms with van der Waals surface area (Å²) in [5.74, 6) is 1.22. The third-order valence-corrected chi connectivity index (χ3v) is 3.12. The fourth-order valence-electron chi connectivity index (χ4n) is 2.21. The largest absolute Gasteiger partial charge is 0.481 e. The van der Waals surface area contributed by atoms with Crippen LogP contribution in [0, 0.1) is 6.92 Å². The molecule has 2 N–H and O–H groups in total. The zero-order valence-corrected chi connectivity index (χ0v) is 11.0. The van der Waals surface area contributed by atoms with Crippen molar-refractivity contribution >= 4 is 11.6 Å². The summed E-state index contributed by atoms with van der Waals surface area (Å²) in [4.78, 5) is 8.93. The second-order valence-corrected chi connectivity index (χ2v) is 4.58. The Bertz CT molecular complexity index is 612. The lowest BCUT2D eigenvalue weighted by atomic mass is 10.2. The molecule has 0 radical (unpaired) electrons. The van der Waals surface area contributed by atoms with Crippen molar-refractivity contribution in [2.75, 3.05) is 12.4 Å². The third kappa shape index (κ3) is 2.37. The normalized spacial score (nSPS) is 13.2. The Morgan fingerprint density at radius 3 is 2.95 bits per heavy atom. The molecule has 1 aliphatic heterocycles. The van der Waals surface area contributed by atoms with Gasteiger partial charge in [0.1, 0.15) is 0 Å². The molecular formula is C14H16N4O. The summed E-state index contributed by atoms with van der Waals surface area (Å²) in [6, 6.07) is 8.11. The van der Waals surface area contributed by atoms with Crippen LogP contribution in [0.4, 0.5) is 11.6 Å². The number of hydrogen-bond acceptors (Lipinski definition) is 5. The molecule has 0 amide bonds. The first kappa shape index (κ1) is 11.9. The Morgan fingerprint density at radius 1 is 1.26 bits per heavy atom. The number of aromatic nitrogens is 2. The minimum absolute atomic E-state index is 0.574. The molecule has 1 aromatic carbocycles. The van der Waals surface area contributed by atoms with Crippen molar-refractivity contribution in [1.29, 1.82) is 0 Å². The highest BCUT2D eigenvalue weighted by molar-refractivity contribution is 5.55. The first-order valence-electron chi connectivity index (χ1n) is 6.24. The number of nitrogens with zero attached hydrogens (tertiary/aromatic N) is 2. The highest BCUT2D eigenvalue weighted by atomic mass is 16.5. The molecular weight excluding hydrogens is 240 g/mol. The lowest BCUT2D eigenvalue weighted by Gasteiger charge is -2.10. The molecule has 2 heterocycles. The van der Waals surface area contributed by atoms with E-state index in [0.717, 1.165) is 30.0 Å². The van der Waals surface area contributed by atoms with Crippen molar-refractivity contribution in [3.63, 3.8) is 0 Å². The molecule has 0 fully saturated rings. The van der Waals surface area contributed by atoms with Gasteiger partial charge in [0.05, 0.1) is 18.4 Å². The molecule has 19 heavy (non-hydrogen) atoms. The smallest absolute Gasteiger partial charge is 0.230 e. The highest BCUT2D eigenvalue weighted by Crippen LogP contribution is 2.25. The van der Waals surface area contributed by atoms with Gasteiger partial charge in [-0.25, -0.2) is 4.98 Å². The number of ether oxygens (including phenoxy) is 1. The van der Waals surface area contributed by atoms with Crippen LogP contribution < -0.4 is 15.4 Å². The molecule has 0 saturated heterocycles. The average Bonchev–Trinajstić information content (AvgIpc) is 2.86. The number of methoxy groups -OCH3 is 1. The number of benzene rings is 1. The number of fused-ring (bicyclic) bond motifs is 1. The molecule has 0 saturated carbocycles. The van der Waals surface area contributed by atoms with E-state index in [4.69, 9.17) is 4.74 Å². The van der Waals surface area contributed by atoms with E-state index >= 15 is 0 Å². The Hall–Kier alpha value is -2.14. The zero-order chi connectivity index (χ0) is 13.2. The predicted molar refractivity (Wildman–Crippen MR) is 73.6 cm³/mol. The SMILES string of the molecule is COc1nc(Nc2cccc(C)c2)nc2c1CNC2. The molecule has 5 heteroatoms. The van der Waals surface area contributed by atoms with Crippen LogP contribution in [0.25, 0.3) is 0 Å². The maximum atomic E-state index is 5.33. The van der Waals surface area contributed by atoms with Crippen molar-refractivity contribution in [3.8, 4) is 5.88 Å². The molecule has 0 aliphatic carbocycles. The van der Waals surface area contributed by atoms with Gasteiger partial charge in [-0.2, -0.15) is 4.98 Å². The van der Waals surface area contributed by atoms with Gasteiger partial charge in [0, 0.05) is 18.8 Å². The van der Waals surface area contributed by atoms with Gasteiger partial charge < -0.3 is 15.4 Å². The van der Waals surface area contributed by atoms with Gasteiger partial charge in [0.25, 0.3) is 0 Å². The molecule has 1 aromatic heterocycles. The summed E-state index contributed by atoms with van der Waals surface area (Å²) in [6.07, 6.45) is 0. The van der Waals surface area contributed by atoms with E-state index in [1.807, 2.05) is 12.1 Å². The van der Waals surface area contributed by atoms with Crippen molar-refractivity contribution in [2.45, 2.75) is 20.0 Å². The number of rotatable bonds is 3. The summed E-state index contributed by atoms with van der Waals surface area (Å²) in [5, 5.41) is 6.47. The molecule has 1 aliphatic rings. The van der Waals surface area contributed by atoms with Gasteiger partial charge in [-0.15, -0.1) is 0 Å². The Labute approximate surface area is 112 Å². The molecule has 0 unspecified atom stereocenters. The van der Waals surface area contributed by atoms with E-state index in [9.17, 15) is 0 Å². The van der Waals surface area contributed by atoms with Crippen molar-refractivity contribution in [2.24, 2.45) is 0 Å². The van der Waals surface area contributed by atoms with E-state index in [0.29, 0.717) is 11.8 Å². The van der Waals surface area contributed by atoms with Gasteiger partial charge in [0.15, 0.2) is 0 Å². The number of anilines is 2. The molecule has 0 atom stereocenters. The minimum Gasteiger partial charge on any atom is -0.481 e. The van der Waals surface area contributed by atoms with Crippen LogP contribution in [-0.2, 0) is 13.1 Å². The predicted octanol–water partition coefficient (Wildman–Crippen LogP) is 2.14. The van der Waals surface area contributed by atoms with Crippen molar-refractivity contribution in [3.05, 3.63) is 41.1 Å². The topological polar surface area (TPSA) is 59.1 Å². The maximum absolute atomic E-state index is 5.33. The zero-order valence-electron chi connectivity index (χ0n) is 11.0. The van der Waals surface area contributed by atoms with Gasteiger partial charge in [-0.1, -0.05) is 12.1 Å². The minimum atomic E-state index is 0.574. The van der Waals surface area contributed by atoms with Crippen LogP contribution >= 0.6 is 0 Å². The van der Waals surface area contributed by atoms with Gasteiger partial charge >= 0.3 is 0 Å². The molecule has 3 rings (SSSR count). The first-order valence-corrected chi connectivity index (χ1v) is 6.24. The van der Waals surface area contributed by atoms with Crippen LogP contribution in [0.5, 0.6) is 5.88 Å². The van der Waals surface area contributed by atoms with E-state index in [-0.39, 0.29) is 0 Å². The molecule has 5 nitrogen and oxygen atoms in total. The van der Waals surface area contributed by atoms with Crippen molar-refractivity contribution < 1.29 is 4.74 Å². The molecule has 98 valence electrons.